The predicted molar refractivity (Wildman–Crippen MR) is 127 cm³/mol. The van der Waals surface area contributed by atoms with E-state index in [1.165, 1.54) is 11.3 Å². The van der Waals surface area contributed by atoms with Gasteiger partial charge in [0, 0.05) is 16.6 Å². The zero-order valence-electron chi connectivity index (χ0n) is 17.9. The van der Waals surface area contributed by atoms with Crippen molar-refractivity contribution >= 4 is 34.0 Å². The van der Waals surface area contributed by atoms with Crippen LogP contribution < -0.4 is 14.8 Å². The summed E-state index contributed by atoms with van der Waals surface area (Å²) in [6, 6.07) is 14.8. The monoisotopic (exact) mass is 460 g/mol. The lowest BCUT2D eigenvalue weighted by molar-refractivity contribution is -0.115. The molecule has 0 spiro atoms. The number of fused-ring (bicyclic) bond motifs is 1. The number of rotatable bonds is 7. The lowest BCUT2D eigenvalue weighted by atomic mass is 10.2. The molecule has 0 saturated carbocycles. The summed E-state index contributed by atoms with van der Waals surface area (Å²) in [5, 5.41) is 5.62. The van der Waals surface area contributed by atoms with Gasteiger partial charge in [0.25, 0.3) is 0 Å². The molecule has 0 aliphatic carbocycles. The van der Waals surface area contributed by atoms with Gasteiger partial charge in [-0.1, -0.05) is 0 Å². The first-order valence-electron chi connectivity index (χ1n) is 10.1. The van der Waals surface area contributed by atoms with Crippen LogP contribution in [-0.2, 0) is 11.2 Å². The highest BCUT2D eigenvalue weighted by Gasteiger charge is 2.13. The number of amides is 1. The van der Waals surface area contributed by atoms with Crippen LogP contribution in [-0.4, -0.2) is 35.1 Å². The standard InChI is InChI=1S/C24H20N4O4S/c1-30-19-8-5-14(10-21(19)31-2)24-26-16(13-33-24)12-22(29)25-15-6-7-17-18(11-15)28-23(27-17)20-4-3-9-32-20/h3-11,13H,12H2,1-2H3,(H,25,29)(H,27,28). The summed E-state index contributed by atoms with van der Waals surface area (Å²) >= 11 is 1.48. The quantitative estimate of drug-likeness (QED) is 0.348. The average molecular weight is 461 g/mol. The summed E-state index contributed by atoms with van der Waals surface area (Å²) in [6.45, 7) is 0. The molecule has 166 valence electrons. The second-order valence-corrected chi connectivity index (χ2v) is 8.09. The van der Waals surface area contributed by atoms with E-state index in [2.05, 4.69) is 20.3 Å². The van der Waals surface area contributed by atoms with Crippen LogP contribution >= 0.6 is 11.3 Å². The summed E-state index contributed by atoms with van der Waals surface area (Å²) in [6.07, 6.45) is 1.77. The number of aromatic nitrogens is 3. The topological polar surface area (TPSA) is 102 Å². The largest absolute Gasteiger partial charge is 0.493 e. The first kappa shape index (κ1) is 20.8. The summed E-state index contributed by atoms with van der Waals surface area (Å²) in [5.74, 6) is 2.44. The van der Waals surface area contributed by atoms with E-state index in [-0.39, 0.29) is 12.3 Å². The minimum atomic E-state index is -0.149. The number of carbonyl (C=O) groups is 1. The van der Waals surface area contributed by atoms with Crippen LogP contribution in [0.2, 0.25) is 0 Å². The van der Waals surface area contributed by atoms with Gasteiger partial charge in [0.05, 0.1) is 43.6 Å². The number of methoxy groups -OCH3 is 2. The van der Waals surface area contributed by atoms with Crippen LogP contribution in [0.25, 0.3) is 33.2 Å². The van der Waals surface area contributed by atoms with Crippen molar-refractivity contribution < 1.29 is 18.7 Å². The molecule has 3 aromatic heterocycles. The van der Waals surface area contributed by atoms with Crippen LogP contribution in [0.5, 0.6) is 11.5 Å². The number of nitrogens with one attached hydrogen (secondary N) is 2. The second kappa shape index (κ2) is 8.79. The molecular formula is C24H20N4O4S. The molecular weight excluding hydrogens is 440 g/mol. The van der Waals surface area contributed by atoms with E-state index < -0.39 is 0 Å². The SMILES string of the molecule is COc1ccc(-c2nc(CC(=O)Nc3ccc4nc(-c5ccco5)[nH]c4c3)cs2)cc1OC. The molecule has 0 radical (unpaired) electrons. The Hall–Kier alpha value is -4.11. The maximum Gasteiger partial charge on any atom is 0.230 e. The van der Waals surface area contributed by atoms with Crippen LogP contribution in [0, 0.1) is 0 Å². The van der Waals surface area contributed by atoms with Crippen molar-refractivity contribution in [3.8, 4) is 33.7 Å². The van der Waals surface area contributed by atoms with Gasteiger partial charge in [-0.25, -0.2) is 9.97 Å². The van der Waals surface area contributed by atoms with Crippen LogP contribution in [0.3, 0.4) is 0 Å². The fourth-order valence-electron chi connectivity index (χ4n) is 3.48. The van der Waals surface area contributed by atoms with Crippen molar-refractivity contribution in [2.24, 2.45) is 0 Å². The highest BCUT2D eigenvalue weighted by molar-refractivity contribution is 7.13. The molecule has 2 N–H and O–H groups in total. The number of hydrogen-bond acceptors (Lipinski definition) is 7. The average Bonchev–Trinajstić information content (AvgIpc) is 3.58. The minimum absolute atomic E-state index is 0.149. The Balaban J connectivity index is 1.28. The van der Waals surface area contributed by atoms with Crippen molar-refractivity contribution in [3.05, 3.63) is 65.9 Å². The van der Waals surface area contributed by atoms with E-state index in [1.807, 2.05) is 53.9 Å². The first-order chi connectivity index (χ1) is 16.1. The lowest BCUT2D eigenvalue weighted by Crippen LogP contribution is -2.14. The molecule has 5 aromatic rings. The molecule has 9 heteroatoms. The maximum atomic E-state index is 12.6. The summed E-state index contributed by atoms with van der Waals surface area (Å²) in [7, 11) is 3.19. The van der Waals surface area contributed by atoms with Gasteiger partial charge in [0.2, 0.25) is 5.91 Å². The fourth-order valence-corrected chi connectivity index (χ4v) is 4.29. The third-order valence-corrected chi connectivity index (χ3v) is 5.98. The second-order valence-electron chi connectivity index (χ2n) is 7.23. The van der Waals surface area contributed by atoms with Crippen LogP contribution in [0.15, 0.2) is 64.6 Å². The number of ether oxygens (including phenoxy) is 2. The fraction of sp³-hybridized carbons (Fsp3) is 0.125. The number of benzene rings is 2. The molecule has 0 aliphatic heterocycles. The normalized spacial score (nSPS) is 11.0. The molecule has 0 aliphatic rings. The van der Waals surface area contributed by atoms with Gasteiger partial charge in [0.1, 0.15) is 5.01 Å². The number of anilines is 1. The van der Waals surface area contributed by atoms with Gasteiger partial charge in [-0.2, -0.15) is 0 Å². The maximum absolute atomic E-state index is 12.6. The minimum Gasteiger partial charge on any atom is -0.493 e. The van der Waals surface area contributed by atoms with E-state index in [9.17, 15) is 4.79 Å². The molecule has 0 fully saturated rings. The number of thiazole rings is 1. The number of nitrogens with zero attached hydrogens (tertiary/aromatic N) is 2. The number of aromatic amines is 1. The Morgan fingerprint density at radius 1 is 1.09 bits per heavy atom. The number of imidazole rings is 1. The van der Waals surface area contributed by atoms with Gasteiger partial charge >= 0.3 is 0 Å². The predicted octanol–water partition coefficient (Wildman–Crippen LogP) is 5.14. The van der Waals surface area contributed by atoms with Crippen molar-refractivity contribution in [1.82, 2.24) is 15.0 Å². The van der Waals surface area contributed by atoms with Crippen LogP contribution in [0.4, 0.5) is 5.69 Å². The van der Waals surface area contributed by atoms with Crippen molar-refractivity contribution in [2.45, 2.75) is 6.42 Å². The van der Waals surface area contributed by atoms with Gasteiger partial charge in [-0.05, 0) is 48.5 Å². The Kier molecular flexibility index (Phi) is 5.54. The van der Waals surface area contributed by atoms with E-state index in [0.717, 1.165) is 21.6 Å². The summed E-state index contributed by atoms with van der Waals surface area (Å²) in [5.41, 5.74) is 3.88. The molecule has 2 aromatic carbocycles. The number of H-pyrrole nitrogens is 1. The van der Waals surface area contributed by atoms with Gasteiger partial charge in [-0.3, -0.25) is 4.79 Å². The zero-order chi connectivity index (χ0) is 22.8. The van der Waals surface area contributed by atoms with Crippen molar-refractivity contribution in [1.29, 1.82) is 0 Å². The van der Waals surface area contributed by atoms with E-state index in [4.69, 9.17) is 13.9 Å². The molecule has 3 heterocycles. The zero-order valence-corrected chi connectivity index (χ0v) is 18.7. The van der Waals surface area contributed by atoms with Gasteiger partial charge < -0.3 is 24.2 Å². The number of carbonyl (C=O) groups excluding carboxylic acids is 1. The van der Waals surface area contributed by atoms with Crippen molar-refractivity contribution in [2.75, 3.05) is 19.5 Å². The smallest absolute Gasteiger partial charge is 0.230 e. The van der Waals surface area contributed by atoms with E-state index >= 15 is 0 Å². The summed E-state index contributed by atoms with van der Waals surface area (Å²) in [4.78, 5) is 25.0. The third-order valence-electron chi connectivity index (χ3n) is 5.04. The Bertz CT molecular complexity index is 1420. The molecule has 5 rings (SSSR count). The first-order valence-corrected chi connectivity index (χ1v) is 11.0. The molecule has 0 saturated heterocycles. The molecule has 1 amide bonds. The number of furan rings is 1. The highest BCUT2D eigenvalue weighted by Crippen LogP contribution is 2.33. The molecule has 0 bridgehead atoms. The third kappa shape index (κ3) is 4.31. The van der Waals surface area contributed by atoms with E-state index in [1.54, 1.807) is 20.5 Å². The molecule has 0 atom stereocenters. The van der Waals surface area contributed by atoms with Crippen LogP contribution in [0.1, 0.15) is 5.69 Å². The molecule has 8 nitrogen and oxygen atoms in total. The van der Waals surface area contributed by atoms with Gasteiger partial charge in [0.15, 0.2) is 23.1 Å². The Morgan fingerprint density at radius 2 is 1.97 bits per heavy atom. The lowest BCUT2D eigenvalue weighted by Gasteiger charge is -2.08. The Morgan fingerprint density at radius 3 is 2.76 bits per heavy atom. The molecule has 0 unspecified atom stereocenters. The highest BCUT2D eigenvalue weighted by atomic mass is 32.1. The van der Waals surface area contributed by atoms with Crippen molar-refractivity contribution in [3.63, 3.8) is 0 Å². The number of hydrogen-bond donors (Lipinski definition) is 2. The van der Waals surface area contributed by atoms with Gasteiger partial charge in [-0.15, -0.1) is 11.3 Å². The van der Waals surface area contributed by atoms with E-state index in [0.29, 0.717) is 34.5 Å². The Labute approximate surface area is 193 Å². The summed E-state index contributed by atoms with van der Waals surface area (Å²) < 4.78 is 16.0. The molecule has 33 heavy (non-hydrogen) atoms.